The van der Waals surface area contributed by atoms with E-state index in [1.807, 2.05) is 18.2 Å². The van der Waals surface area contributed by atoms with Crippen molar-refractivity contribution in [3.8, 4) is 11.4 Å². The van der Waals surface area contributed by atoms with Gasteiger partial charge in [-0.1, -0.05) is 19.9 Å². The molecular formula is C31H49N3O4S2. The molecule has 224 valence electrons. The number of hydrogen-bond donors (Lipinski definition) is 0. The standard InChI is InChI=1S/C31H49N3O4S2/c1-31(2)13-12-25-28(20-31)34(22-38-15-17-40(7,8)9)32-29(25)27-18-23-10-11-24(30(35)36-3)19-26(23)33(27)21-37-14-16-39(4,5)6/h10-11,18-19H,12-17,20-22H2,1-9H3. The molecule has 3 aromatic rings. The summed E-state index contributed by atoms with van der Waals surface area (Å²) >= 11 is 0. The van der Waals surface area contributed by atoms with Crippen molar-refractivity contribution < 1.29 is 19.0 Å². The summed E-state index contributed by atoms with van der Waals surface area (Å²) in [7, 11) is 0.153. The number of nitrogens with zero attached hydrogens (tertiary/aromatic N) is 3. The van der Waals surface area contributed by atoms with Crippen LogP contribution >= 0.6 is 20.1 Å². The van der Waals surface area contributed by atoms with Crippen molar-refractivity contribution in [1.82, 2.24) is 14.3 Å². The highest BCUT2D eigenvalue weighted by Crippen LogP contribution is 2.41. The van der Waals surface area contributed by atoms with Gasteiger partial charge in [-0.2, -0.15) is 5.10 Å². The highest BCUT2D eigenvalue weighted by Gasteiger charge is 2.32. The highest BCUT2D eigenvalue weighted by molar-refractivity contribution is 8.32. The lowest BCUT2D eigenvalue weighted by Gasteiger charge is -2.30. The normalized spacial score (nSPS) is 16.2. The second kappa shape index (κ2) is 12.1. The van der Waals surface area contributed by atoms with Gasteiger partial charge < -0.3 is 18.8 Å². The first-order chi connectivity index (χ1) is 18.7. The number of hydrogen-bond acceptors (Lipinski definition) is 5. The maximum atomic E-state index is 12.4. The Labute approximate surface area is 243 Å². The number of rotatable bonds is 12. The summed E-state index contributed by atoms with van der Waals surface area (Å²) in [5, 5.41) is 6.25. The lowest BCUT2D eigenvalue weighted by Crippen LogP contribution is -2.24. The van der Waals surface area contributed by atoms with E-state index in [-0.39, 0.29) is 11.4 Å². The van der Waals surface area contributed by atoms with Gasteiger partial charge in [0, 0.05) is 28.1 Å². The average molecular weight is 592 g/mol. The molecule has 7 nitrogen and oxygen atoms in total. The monoisotopic (exact) mass is 591 g/mol. The fourth-order valence-corrected chi connectivity index (χ4v) is 6.31. The van der Waals surface area contributed by atoms with Gasteiger partial charge in [0.05, 0.1) is 37.1 Å². The zero-order valence-corrected chi connectivity index (χ0v) is 27.6. The van der Waals surface area contributed by atoms with E-state index in [0.717, 1.165) is 59.7 Å². The van der Waals surface area contributed by atoms with Crippen LogP contribution in [0.5, 0.6) is 0 Å². The highest BCUT2D eigenvalue weighted by atomic mass is 32.3. The first-order valence-electron chi connectivity index (χ1n) is 14.0. The average Bonchev–Trinajstić information content (AvgIpc) is 3.39. The Morgan fingerprint density at radius 3 is 2.25 bits per heavy atom. The van der Waals surface area contributed by atoms with Crippen molar-refractivity contribution in [2.24, 2.45) is 5.41 Å². The minimum atomic E-state index is -0.655. The van der Waals surface area contributed by atoms with E-state index in [1.54, 1.807) is 0 Å². The topological polar surface area (TPSA) is 67.5 Å². The van der Waals surface area contributed by atoms with Gasteiger partial charge in [-0.05, 0) is 80.4 Å². The molecule has 40 heavy (non-hydrogen) atoms. The van der Waals surface area contributed by atoms with E-state index in [9.17, 15) is 4.79 Å². The Hall–Kier alpha value is -1.94. The van der Waals surface area contributed by atoms with Crippen LogP contribution in [0.4, 0.5) is 0 Å². The van der Waals surface area contributed by atoms with Crippen molar-refractivity contribution in [3.63, 3.8) is 0 Å². The predicted octanol–water partition coefficient (Wildman–Crippen LogP) is 6.14. The van der Waals surface area contributed by atoms with Crippen molar-refractivity contribution in [2.45, 2.75) is 46.6 Å². The van der Waals surface area contributed by atoms with Crippen LogP contribution in [0, 0.1) is 5.41 Å². The van der Waals surface area contributed by atoms with Gasteiger partial charge in [0.15, 0.2) is 0 Å². The first kappa shape index (κ1) is 31.0. The van der Waals surface area contributed by atoms with Crippen molar-refractivity contribution in [3.05, 3.63) is 41.1 Å². The molecule has 1 aliphatic carbocycles. The van der Waals surface area contributed by atoms with E-state index in [2.05, 4.69) is 66.7 Å². The van der Waals surface area contributed by atoms with E-state index in [1.165, 1.54) is 18.4 Å². The van der Waals surface area contributed by atoms with Crippen LogP contribution in [-0.2, 0) is 40.5 Å². The summed E-state index contributed by atoms with van der Waals surface area (Å²) in [6, 6.07) is 7.91. The second-order valence-electron chi connectivity index (χ2n) is 13.5. The van der Waals surface area contributed by atoms with Gasteiger partial charge in [0.2, 0.25) is 0 Å². The molecule has 0 atom stereocenters. The Kier molecular flexibility index (Phi) is 9.39. The SMILES string of the molecule is COC(=O)c1ccc2cc(-c3nn(COCCS(C)(C)C)c4c3CCC(C)(C)C4)n(COCCS(C)(C)C)c2c1. The largest absolute Gasteiger partial charge is 0.465 e. The first-order valence-corrected chi connectivity index (χ1v) is 20.0. The molecule has 0 bridgehead atoms. The van der Waals surface area contributed by atoms with Crippen molar-refractivity contribution >= 4 is 36.9 Å². The smallest absolute Gasteiger partial charge is 0.337 e. The number of ether oxygens (including phenoxy) is 3. The van der Waals surface area contributed by atoms with E-state index in [0.29, 0.717) is 25.6 Å². The number of fused-ring (bicyclic) bond motifs is 2. The Morgan fingerprint density at radius 2 is 1.62 bits per heavy atom. The maximum Gasteiger partial charge on any atom is 0.337 e. The summed E-state index contributed by atoms with van der Waals surface area (Å²) < 4.78 is 21.7. The van der Waals surface area contributed by atoms with Crippen LogP contribution in [0.25, 0.3) is 22.3 Å². The molecule has 0 saturated carbocycles. The molecular weight excluding hydrogens is 542 g/mol. The van der Waals surface area contributed by atoms with Gasteiger partial charge in [-0.3, -0.25) is 0 Å². The van der Waals surface area contributed by atoms with Crippen molar-refractivity contribution in [1.29, 1.82) is 0 Å². The van der Waals surface area contributed by atoms with Gasteiger partial charge in [-0.25, -0.2) is 29.5 Å². The zero-order valence-electron chi connectivity index (χ0n) is 26.0. The van der Waals surface area contributed by atoms with Gasteiger partial charge in [0.1, 0.15) is 19.2 Å². The maximum absolute atomic E-state index is 12.4. The number of aromatic nitrogens is 3. The number of benzene rings is 1. The van der Waals surface area contributed by atoms with E-state index >= 15 is 0 Å². The van der Waals surface area contributed by atoms with Crippen LogP contribution in [0.2, 0.25) is 0 Å². The molecule has 0 spiro atoms. The molecule has 0 aliphatic heterocycles. The van der Waals surface area contributed by atoms with E-state index < -0.39 is 20.1 Å². The molecule has 0 unspecified atom stereocenters. The summed E-state index contributed by atoms with van der Waals surface area (Å²) in [5.74, 6) is 1.78. The lowest BCUT2D eigenvalue weighted by molar-refractivity contribution is 0.0600. The molecule has 1 aromatic carbocycles. The van der Waals surface area contributed by atoms with Crippen molar-refractivity contribution in [2.75, 3.05) is 69.4 Å². The van der Waals surface area contributed by atoms with Crippen LogP contribution in [0.1, 0.15) is 41.9 Å². The summed E-state index contributed by atoms with van der Waals surface area (Å²) in [6.45, 7) is 6.98. The molecule has 0 amide bonds. The third-order valence-corrected chi connectivity index (χ3v) is 10.3. The predicted molar refractivity (Wildman–Crippen MR) is 173 cm³/mol. The van der Waals surface area contributed by atoms with Gasteiger partial charge >= 0.3 is 5.97 Å². The number of esters is 1. The lowest BCUT2D eigenvalue weighted by atomic mass is 9.76. The number of carbonyl (C=O) groups excluding carboxylic acids is 1. The molecule has 2 aromatic heterocycles. The van der Waals surface area contributed by atoms with Crippen LogP contribution in [0.3, 0.4) is 0 Å². The molecule has 1 aliphatic rings. The summed E-state index contributed by atoms with van der Waals surface area (Å²) in [5.41, 5.74) is 6.30. The Bertz CT molecular complexity index is 1350. The third kappa shape index (κ3) is 7.66. The van der Waals surface area contributed by atoms with Gasteiger partial charge in [0.25, 0.3) is 0 Å². The minimum absolute atomic E-state index is 0.220. The fourth-order valence-electron chi connectivity index (χ4n) is 5.07. The number of carbonyl (C=O) groups is 1. The quantitative estimate of drug-likeness (QED) is 0.187. The molecule has 9 heteroatoms. The minimum Gasteiger partial charge on any atom is -0.465 e. The van der Waals surface area contributed by atoms with Crippen LogP contribution < -0.4 is 0 Å². The molecule has 0 N–H and O–H groups in total. The van der Waals surface area contributed by atoms with E-state index in [4.69, 9.17) is 19.3 Å². The summed E-state index contributed by atoms with van der Waals surface area (Å²) in [4.78, 5) is 12.4. The second-order valence-corrected chi connectivity index (χ2v) is 22.7. The molecule has 4 rings (SSSR count). The molecule has 0 fully saturated rings. The van der Waals surface area contributed by atoms with Crippen LogP contribution in [0.15, 0.2) is 24.3 Å². The summed E-state index contributed by atoms with van der Waals surface area (Å²) in [6.07, 6.45) is 17.0. The fraction of sp³-hybridized carbons (Fsp3) is 0.613. The Balaban J connectivity index is 1.75. The zero-order chi connectivity index (χ0) is 29.3. The van der Waals surface area contributed by atoms with Gasteiger partial charge in [-0.15, -0.1) is 0 Å². The molecule has 2 heterocycles. The molecule has 0 radical (unpaired) electrons. The van der Waals surface area contributed by atoms with Crippen LogP contribution in [-0.4, -0.2) is 89.7 Å². The Morgan fingerprint density at radius 1 is 0.975 bits per heavy atom. The third-order valence-electron chi connectivity index (χ3n) is 7.55. The number of methoxy groups -OCH3 is 1. The molecule has 0 saturated heterocycles.